The van der Waals surface area contributed by atoms with E-state index in [2.05, 4.69) is 34.2 Å². The van der Waals surface area contributed by atoms with Gasteiger partial charge in [-0.1, -0.05) is 47.5 Å². The van der Waals surface area contributed by atoms with E-state index >= 15 is 0 Å². The third kappa shape index (κ3) is 6.67. The summed E-state index contributed by atoms with van der Waals surface area (Å²) >= 11 is 5.96. The molecule has 0 aliphatic rings. The second-order valence-electron chi connectivity index (χ2n) is 7.25. The molecule has 0 aliphatic heterocycles. The van der Waals surface area contributed by atoms with Crippen LogP contribution in [0.4, 0.5) is 0 Å². The highest BCUT2D eigenvalue weighted by atomic mass is 35.5. The minimum atomic E-state index is -0.446. The Bertz CT molecular complexity index is 1140. The first-order valence-corrected chi connectivity index (χ1v) is 10.9. The van der Waals surface area contributed by atoms with E-state index in [1.165, 1.54) is 11.8 Å². The minimum Gasteiger partial charge on any atom is -0.490 e. The van der Waals surface area contributed by atoms with E-state index in [0.717, 1.165) is 16.7 Å². The van der Waals surface area contributed by atoms with Gasteiger partial charge in [-0.3, -0.25) is 4.79 Å². The summed E-state index contributed by atoms with van der Waals surface area (Å²) < 4.78 is 12.0. The van der Waals surface area contributed by atoms with Crippen LogP contribution in [0, 0.1) is 6.92 Å². The third-order valence-corrected chi connectivity index (χ3v) is 5.01. The van der Waals surface area contributed by atoms with Gasteiger partial charge in [-0.25, -0.2) is 10.4 Å². The molecule has 0 saturated heterocycles. The number of amides is 1. The summed E-state index contributed by atoms with van der Waals surface area (Å²) in [6.07, 6.45) is 5.45. The predicted octanol–water partition coefficient (Wildman–Crippen LogP) is 5.51. The van der Waals surface area contributed by atoms with Gasteiger partial charge in [0, 0.05) is 11.8 Å². The molecular formula is C26H26ClN3O3. The van der Waals surface area contributed by atoms with Gasteiger partial charge >= 0.3 is 0 Å². The zero-order valence-electron chi connectivity index (χ0n) is 18.7. The molecule has 3 rings (SSSR count). The van der Waals surface area contributed by atoms with Gasteiger partial charge in [0.1, 0.15) is 11.8 Å². The van der Waals surface area contributed by atoms with Crippen molar-refractivity contribution in [2.45, 2.75) is 26.9 Å². The Morgan fingerprint density at radius 2 is 2.00 bits per heavy atom. The Hall–Kier alpha value is -3.64. The van der Waals surface area contributed by atoms with Gasteiger partial charge in [-0.05, 0) is 55.7 Å². The van der Waals surface area contributed by atoms with Crippen molar-refractivity contribution < 1.29 is 14.3 Å². The largest absolute Gasteiger partial charge is 0.490 e. The molecule has 170 valence electrons. The van der Waals surface area contributed by atoms with Gasteiger partial charge in [0.25, 0.3) is 5.91 Å². The average Bonchev–Trinajstić information content (AvgIpc) is 2.80. The Balaban J connectivity index is 1.81. The highest BCUT2D eigenvalue weighted by molar-refractivity contribution is 6.32. The third-order valence-electron chi connectivity index (χ3n) is 4.71. The minimum absolute atomic E-state index is 0.118. The lowest BCUT2D eigenvalue weighted by molar-refractivity contribution is 0.0955. The van der Waals surface area contributed by atoms with Gasteiger partial charge in [0.15, 0.2) is 11.5 Å². The lowest BCUT2D eigenvalue weighted by atomic mass is 10.1. The zero-order chi connectivity index (χ0) is 23.6. The molecule has 1 aromatic heterocycles. The molecule has 0 spiro atoms. The van der Waals surface area contributed by atoms with Crippen LogP contribution in [0.1, 0.15) is 39.5 Å². The van der Waals surface area contributed by atoms with E-state index in [4.69, 9.17) is 21.1 Å². The normalized spacial score (nSPS) is 10.8. The first-order chi connectivity index (χ1) is 16.0. The number of hydrogen-bond acceptors (Lipinski definition) is 5. The van der Waals surface area contributed by atoms with Crippen LogP contribution in [0.2, 0.25) is 5.15 Å². The number of halogens is 1. The van der Waals surface area contributed by atoms with E-state index < -0.39 is 5.91 Å². The Labute approximate surface area is 198 Å². The summed E-state index contributed by atoms with van der Waals surface area (Å²) in [6.45, 7) is 8.71. The smallest absolute Gasteiger partial charge is 0.274 e. The second-order valence-corrected chi connectivity index (χ2v) is 7.61. The molecule has 0 radical (unpaired) electrons. The number of carbonyl (C=O) groups is 1. The van der Waals surface area contributed by atoms with Crippen molar-refractivity contribution in [1.82, 2.24) is 10.4 Å². The average molecular weight is 464 g/mol. The van der Waals surface area contributed by atoms with Crippen LogP contribution in [0.5, 0.6) is 11.5 Å². The second kappa shape index (κ2) is 11.8. The number of benzene rings is 2. The SMILES string of the molecule is C=CCc1cc(C=NNC(=O)c2cccnc2Cl)cc(OCC)c1OCc1ccc(C)cc1. The molecular weight excluding hydrogens is 438 g/mol. The summed E-state index contributed by atoms with van der Waals surface area (Å²) in [5.74, 6) is 0.825. The lowest BCUT2D eigenvalue weighted by Crippen LogP contribution is -2.18. The van der Waals surface area contributed by atoms with Crippen molar-refractivity contribution in [1.29, 1.82) is 0 Å². The predicted molar refractivity (Wildman–Crippen MR) is 131 cm³/mol. The number of allylic oxidation sites excluding steroid dienone is 1. The van der Waals surface area contributed by atoms with Crippen LogP contribution in [0.15, 0.2) is 72.5 Å². The number of nitrogens with zero attached hydrogens (tertiary/aromatic N) is 2. The molecule has 7 heteroatoms. The van der Waals surface area contributed by atoms with Crippen molar-refractivity contribution in [3.05, 3.63) is 100 Å². The molecule has 1 amide bonds. The summed E-state index contributed by atoms with van der Waals surface area (Å²) in [6, 6.07) is 15.2. The Morgan fingerprint density at radius 3 is 2.70 bits per heavy atom. The number of hydrogen-bond donors (Lipinski definition) is 1. The van der Waals surface area contributed by atoms with Crippen LogP contribution in [-0.2, 0) is 13.0 Å². The number of pyridine rings is 1. The quantitative estimate of drug-likeness (QED) is 0.186. The molecule has 2 aromatic carbocycles. The molecule has 0 bridgehead atoms. The molecule has 3 aromatic rings. The molecule has 33 heavy (non-hydrogen) atoms. The lowest BCUT2D eigenvalue weighted by Gasteiger charge is -2.17. The molecule has 0 aliphatic carbocycles. The van der Waals surface area contributed by atoms with Gasteiger partial charge in [-0.2, -0.15) is 5.10 Å². The highest BCUT2D eigenvalue weighted by Crippen LogP contribution is 2.34. The van der Waals surface area contributed by atoms with Crippen molar-refractivity contribution in [3.8, 4) is 11.5 Å². The summed E-state index contributed by atoms with van der Waals surface area (Å²) in [5.41, 5.74) is 6.64. The molecule has 1 N–H and O–H groups in total. The fourth-order valence-electron chi connectivity index (χ4n) is 3.11. The van der Waals surface area contributed by atoms with Crippen LogP contribution < -0.4 is 14.9 Å². The molecule has 6 nitrogen and oxygen atoms in total. The van der Waals surface area contributed by atoms with Crippen molar-refractivity contribution in [2.75, 3.05) is 6.61 Å². The van der Waals surface area contributed by atoms with Crippen LogP contribution in [0.25, 0.3) is 0 Å². The summed E-state index contributed by atoms with van der Waals surface area (Å²) in [4.78, 5) is 16.2. The van der Waals surface area contributed by atoms with E-state index in [0.29, 0.717) is 31.1 Å². The molecule has 0 atom stereocenters. The van der Waals surface area contributed by atoms with Gasteiger partial charge in [-0.15, -0.1) is 6.58 Å². The number of nitrogens with one attached hydrogen (secondary N) is 1. The first-order valence-electron chi connectivity index (χ1n) is 10.5. The van der Waals surface area contributed by atoms with E-state index in [9.17, 15) is 4.79 Å². The van der Waals surface area contributed by atoms with Crippen molar-refractivity contribution >= 4 is 23.7 Å². The number of hydrazone groups is 1. The molecule has 1 heterocycles. The fourth-order valence-corrected chi connectivity index (χ4v) is 3.32. The first kappa shape index (κ1) is 24.0. The van der Waals surface area contributed by atoms with Crippen LogP contribution in [-0.4, -0.2) is 23.7 Å². The van der Waals surface area contributed by atoms with E-state index in [1.54, 1.807) is 24.4 Å². The summed E-state index contributed by atoms with van der Waals surface area (Å²) in [5, 5.41) is 4.18. The van der Waals surface area contributed by atoms with Crippen molar-refractivity contribution in [2.24, 2.45) is 5.10 Å². The van der Waals surface area contributed by atoms with E-state index in [1.807, 2.05) is 38.1 Å². The van der Waals surface area contributed by atoms with E-state index in [-0.39, 0.29) is 10.7 Å². The van der Waals surface area contributed by atoms with Crippen molar-refractivity contribution in [3.63, 3.8) is 0 Å². The number of ether oxygens (including phenoxy) is 2. The maximum absolute atomic E-state index is 12.3. The van der Waals surface area contributed by atoms with Gasteiger partial charge in [0.2, 0.25) is 0 Å². The van der Waals surface area contributed by atoms with Gasteiger partial charge in [0.05, 0.1) is 18.4 Å². The maximum atomic E-state index is 12.3. The Kier molecular flexibility index (Phi) is 8.61. The van der Waals surface area contributed by atoms with Crippen LogP contribution in [0.3, 0.4) is 0 Å². The Morgan fingerprint density at radius 1 is 1.21 bits per heavy atom. The standard InChI is InChI=1S/C26H26ClN3O3/c1-4-7-21-14-20(16-29-30-26(31)22-8-6-13-28-25(22)27)15-23(32-5-2)24(21)33-17-19-11-9-18(3)10-12-19/h4,6,8-16H,1,5,7,17H2,2-3H3,(H,30,31). The number of aromatic nitrogens is 1. The fraction of sp³-hybridized carbons (Fsp3) is 0.192. The van der Waals surface area contributed by atoms with Crippen LogP contribution >= 0.6 is 11.6 Å². The topological polar surface area (TPSA) is 72.8 Å². The summed E-state index contributed by atoms with van der Waals surface area (Å²) in [7, 11) is 0. The number of carbonyl (C=O) groups excluding carboxylic acids is 1. The maximum Gasteiger partial charge on any atom is 0.274 e. The molecule has 0 saturated carbocycles. The molecule has 0 unspecified atom stereocenters. The zero-order valence-corrected chi connectivity index (χ0v) is 19.4. The van der Waals surface area contributed by atoms with Gasteiger partial charge < -0.3 is 9.47 Å². The molecule has 0 fully saturated rings. The number of aryl methyl sites for hydroxylation is 1. The number of rotatable bonds is 10. The monoisotopic (exact) mass is 463 g/mol. The highest BCUT2D eigenvalue weighted by Gasteiger charge is 2.14.